The molecule has 1 aliphatic heterocycles. The molecule has 1 fully saturated rings. The highest BCUT2D eigenvalue weighted by atomic mass is 32.2. The van der Waals surface area contributed by atoms with Gasteiger partial charge in [0, 0.05) is 40.9 Å². The summed E-state index contributed by atoms with van der Waals surface area (Å²) in [6, 6.07) is 1.32. The van der Waals surface area contributed by atoms with Gasteiger partial charge in [-0.25, -0.2) is 0 Å². The van der Waals surface area contributed by atoms with Gasteiger partial charge in [-0.15, -0.1) is 0 Å². The minimum absolute atomic E-state index is 0.613. The number of nitrogens with one attached hydrogen (secondary N) is 1. The van der Waals surface area contributed by atoms with E-state index in [9.17, 15) is 4.21 Å². The molecule has 0 bridgehead atoms. The maximum atomic E-state index is 11.4. The zero-order chi connectivity index (χ0) is 12.0. The maximum Gasteiger partial charge on any atom is 0.0362 e. The number of piperidine rings is 1. The van der Waals surface area contributed by atoms with E-state index in [1.165, 1.54) is 12.8 Å². The van der Waals surface area contributed by atoms with Crippen LogP contribution in [0.15, 0.2) is 0 Å². The van der Waals surface area contributed by atoms with E-state index in [-0.39, 0.29) is 0 Å². The third-order valence-electron chi connectivity index (χ3n) is 3.43. The molecule has 1 N–H and O–H groups in total. The lowest BCUT2D eigenvalue weighted by molar-refractivity contribution is 0.145. The van der Waals surface area contributed by atoms with E-state index >= 15 is 0 Å². The molecular formula is C12H26N2OS. The Bertz CT molecular complexity index is 223. The van der Waals surface area contributed by atoms with E-state index in [1.54, 1.807) is 0 Å². The molecule has 0 saturated carbocycles. The number of hydrogen-bond donors (Lipinski definition) is 1. The summed E-state index contributed by atoms with van der Waals surface area (Å²) in [5.74, 6) is 1.63. The Hall–Kier alpha value is 0.0700. The molecule has 4 heteroatoms. The second-order valence-electron chi connectivity index (χ2n) is 4.60. The predicted molar refractivity (Wildman–Crippen MR) is 71.3 cm³/mol. The molecule has 0 aliphatic carbocycles. The van der Waals surface area contributed by atoms with Crippen molar-refractivity contribution in [2.45, 2.75) is 45.7 Å². The smallest absolute Gasteiger partial charge is 0.0362 e. The maximum absolute atomic E-state index is 11.4. The SMILES string of the molecule is CCNC1CCN(CCS(=O)CC)C(C)C1. The van der Waals surface area contributed by atoms with Crippen LogP contribution < -0.4 is 5.32 Å². The van der Waals surface area contributed by atoms with Crippen LogP contribution in [0.5, 0.6) is 0 Å². The first-order valence-electron chi connectivity index (χ1n) is 6.49. The van der Waals surface area contributed by atoms with Crippen molar-refractivity contribution >= 4 is 10.8 Å². The van der Waals surface area contributed by atoms with Crippen molar-refractivity contribution in [2.24, 2.45) is 0 Å². The normalized spacial score (nSPS) is 29.2. The molecule has 0 aromatic heterocycles. The fraction of sp³-hybridized carbons (Fsp3) is 1.00. The minimum Gasteiger partial charge on any atom is -0.314 e. The van der Waals surface area contributed by atoms with Gasteiger partial charge in [0.15, 0.2) is 0 Å². The average Bonchev–Trinajstić information content (AvgIpc) is 2.28. The lowest BCUT2D eigenvalue weighted by Crippen LogP contribution is -2.48. The summed E-state index contributed by atoms with van der Waals surface area (Å²) in [4.78, 5) is 2.49. The second kappa shape index (κ2) is 7.41. The number of likely N-dealkylation sites (tertiary alicyclic amines) is 1. The molecular weight excluding hydrogens is 220 g/mol. The first kappa shape index (κ1) is 14.1. The van der Waals surface area contributed by atoms with Gasteiger partial charge in [-0.1, -0.05) is 13.8 Å². The monoisotopic (exact) mass is 246 g/mol. The van der Waals surface area contributed by atoms with Crippen LogP contribution in [0.3, 0.4) is 0 Å². The van der Waals surface area contributed by atoms with E-state index < -0.39 is 10.8 Å². The Kier molecular flexibility index (Phi) is 6.54. The van der Waals surface area contributed by atoms with Gasteiger partial charge in [0.05, 0.1) is 0 Å². The summed E-state index contributed by atoms with van der Waals surface area (Å²) in [6.45, 7) is 9.67. The molecule has 1 rings (SSSR count). The molecule has 3 unspecified atom stereocenters. The lowest BCUT2D eigenvalue weighted by atomic mass is 9.98. The van der Waals surface area contributed by atoms with Crippen molar-refractivity contribution in [3.8, 4) is 0 Å². The van der Waals surface area contributed by atoms with Gasteiger partial charge in [-0.2, -0.15) is 0 Å². The molecule has 3 nitrogen and oxygen atoms in total. The third kappa shape index (κ3) is 4.52. The topological polar surface area (TPSA) is 32.3 Å². The zero-order valence-electron chi connectivity index (χ0n) is 10.9. The van der Waals surface area contributed by atoms with Crippen molar-refractivity contribution in [3.05, 3.63) is 0 Å². The Balaban J connectivity index is 2.27. The van der Waals surface area contributed by atoms with Crippen LogP contribution >= 0.6 is 0 Å². The fourth-order valence-corrected chi connectivity index (χ4v) is 3.12. The van der Waals surface area contributed by atoms with Gasteiger partial charge in [0.2, 0.25) is 0 Å². The van der Waals surface area contributed by atoms with Crippen molar-refractivity contribution in [2.75, 3.05) is 31.1 Å². The standard InChI is InChI=1S/C12H26N2OS/c1-4-13-12-6-7-14(11(3)10-12)8-9-16(15)5-2/h11-13H,4-10H2,1-3H3. The molecule has 3 atom stereocenters. The fourth-order valence-electron chi connectivity index (χ4n) is 2.39. The van der Waals surface area contributed by atoms with Crippen molar-refractivity contribution in [1.82, 2.24) is 10.2 Å². The van der Waals surface area contributed by atoms with E-state index in [0.717, 1.165) is 31.1 Å². The summed E-state index contributed by atoms with van der Waals surface area (Å²) in [5.41, 5.74) is 0. The van der Waals surface area contributed by atoms with Gasteiger partial charge in [-0.3, -0.25) is 9.11 Å². The van der Waals surface area contributed by atoms with Crippen LogP contribution in [-0.4, -0.2) is 52.3 Å². The van der Waals surface area contributed by atoms with Crippen LogP contribution in [0, 0.1) is 0 Å². The Morgan fingerprint density at radius 2 is 2.19 bits per heavy atom. The molecule has 0 amide bonds. The molecule has 1 saturated heterocycles. The number of hydrogen-bond acceptors (Lipinski definition) is 3. The quantitative estimate of drug-likeness (QED) is 0.765. The molecule has 1 heterocycles. The highest BCUT2D eigenvalue weighted by molar-refractivity contribution is 7.84. The van der Waals surface area contributed by atoms with Crippen LogP contribution in [0.2, 0.25) is 0 Å². The van der Waals surface area contributed by atoms with Crippen LogP contribution in [0.4, 0.5) is 0 Å². The Labute approximate surface area is 102 Å². The van der Waals surface area contributed by atoms with Gasteiger partial charge >= 0.3 is 0 Å². The first-order valence-corrected chi connectivity index (χ1v) is 7.98. The Morgan fingerprint density at radius 3 is 2.75 bits per heavy atom. The van der Waals surface area contributed by atoms with E-state index in [0.29, 0.717) is 12.1 Å². The van der Waals surface area contributed by atoms with Crippen LogP contribution in [0.1, 0.15) is 33.6 Å². The molecule has 0 aromatic carbocycles. The number of rotatable bonds is 6. The molecule has 0 aromatic rings. The molecule has 0 radical (unpaired) electrons. The molecule has 96 valence electrons. The highest BCUT2D eigenvalue weighted by Gasteiger charge is 2.24. The van der Waals surface area contributed by atoms with E-state index in [4.69, 9.17) is 0 Å². The highest BCUT2D eigenvalue weighted by Crippen LogP contribution is 2.16. The van der Waals surface area contributed by atoms with Gasteiger partial charge in [-0.05, 0) is 32.9 Å². The zero-order valence-corrected chi connectivity index (χ0v) is 11.7. The van der Waals surface area contributed by atoms with Gasteiger partial charge in [0.25, 0.3) is 0 Å². The van der Waals surface area contributed by atoms with E-state index in [2.05, 4.69) is 24.1 Å². The average molecular weight is 246 g/mol. The summed E-state index contributed by atoms with van der Waals surface area (Å²) in [6.07, 6.45) is 2.46. The van der Waals surface area contributed by atoms with Crippen molar-refractivity contribution in [1.29, 1.82) is 0 Å². The Morgan fingerprint density at radius 1 is 1.44 bits per heavy atom. The lowest BCUT2D eigenvalue weighted by Gasteiger charge is -2.37. The second-order valence-corrected chi connectivity index (χ2v) is 6.46. The first-order chi connectivity index (χ1) is 7.67. The van der Waals surface area contributed by atoms with E-state index in [1.807, 2.05) is 6.92 Å². The summed E-state index contributed by atoms with van der Waals surface area (Å²) < 4.78 is 11.4. The molecule has 0 spiro atoms. The van der Waals surface area contributed by atoms with Crippen molar-refractivity contribution < 1.29 is 4.21 Å². The minimum atomic E-state index is -0.613. The van der Waals surface area contributed by atoms with Gasteiger partial charge in [0.1, 0.15) is 0 Å². The predicted octanol–water partition coefficient (Wildman–Crippen LogP) is 1.22. The summed E-state index contributed by atoms with van der Waals surface area (Å²) >= 11 is 0. The largest absolute Gasteiger partial charge is 0.314 e. The number of nitrogens with zero attached hydrogens (tertiary/aromatic N) is 1. The third-order valence-corrected chi connectivity index (χ3v) is 4.72. The van der Waals surface area contributed by atoms with Crippen LogP contribution in [0.25, 0.3) is 0 Å². The molecule has 16 heavy (non-hydrogen) atoms. The van der Waals surface area contributed by atoms with Gasteiger partial charge < -0.3 is 5.32 Å². The van der Waals surface area contributed by atoms with Crippen LogP contribution in [-0.2, 0) is 10.8 Å². The molecule has 1 aliphatic rings. The van der Waals surface area contributed by atoms with Crippen molar-refractivity contribution in [3.63, 3.8) is 0 Å². The summed E-state index contributed by atoms with van der Waals surface area (Å²) in [7, 11) is -0.613. The summed E-state index contributed by atoms with van der Waals surface area (Å²) in [5, 5.41) is 3.52.